The lowest BCUT2D eigenvalue weighted by molar-refractivity contribution is -0.389. The number of hydrogen-bond acceptors (Lipinski definition) is 2. The Morgan fingerprint density at radius 2 is 1.32 bits per heavy atom. The molecule has 0 saturated heterocycles. The predicted octanol–water partition coefficient (Wildman–Crippen LogP) is 6.86. The molecule has 0 fully saturated rings. The van der Waals surface area contributed by atoms with Crippen LogP contribution in [0.5, 0.6) is 0 Å². The summed E-state index contributed by atoms with van der Waals surface area (Å²) in [5.74, 6) is -7.58. The Kier molecular flexibility index (Phi) is 7.31. The number of amides is 1. The maximum absolute atomic E-state index is 15.0. The fraction of sp³-hybridized carbons (Fsp3) is 0.364. The topological polar surface area (TPSA) is 52.9 Å². The van der Waals surface area contributed by atoms with E-state index < -0.39 is 35.4 Å². The molecule has 0 aliphatic carbocycles. The molecule has 1 unspecified atom stereocenters. The second kappa shape index (κ2) is 9.19. The van der Waals surface area contributed by atoms with Gasteiger partial charge in [0, 0.05) is 16.8 Å². The van der Waals surface area contributed by atoms with Gasteiger partial charge in [-0.2, -0.15) is 40.4 Å². The van der Waals surface area contributed by atoms with Crippen molar-refractivity contribution in [3.63, 3.8) is 0 Å². The molecule has 0 aromatic heterocycles. The van der Waals surface area contributed by atoms with Gasteiger partial charge in [-0.05, 0) is 60.4 Å². The largest absolute Gasteiger partial charge is 0.457 e. The molecular formula is C22H17F9N2O. The molecule has 184 valence electrons. The van der Waals surface area contributed by atoms with E-state index in [1.54, 1.807) is 0 Å². The van der Waals surface area contributed by atoms with E-state index in [0.29, 0.717) is 0 Å². The number of nitriles is 1. The maximum Gasteiger partial charge on any atom is 0.457 e. The Labute approximate surface area is 188 Å². The fourth-order valence-electron chi connectivity index (χ4n) is 3.28. The lowest BCUT2D eigenvalue weighted by Gasteiger charge is -2.36. The third-order valence-corrected chi connectivity index (χ3v) is 5.16. The summed E-state index contributed by atoms with van der Waals surface area (Å²) >= 11 is 0. The van der Waals surface area contributed by atoms with Crippen LogP contribution in [0.1, 0.15) is 46.5 Å². The highest BCUT2D eigenvalue weighted by Crippen LogP contribution is 2.58. The van der Waals surface area contributed by atoms with Crippen LogP contribution in [0.2, 0.25) is 0 Å². The molecule has 0 aliphatic heterocycles. The lowest BCUT2D eigenvalue weighted by Crippen LogP contribution is -2.59. The van der Waals surface area contributed by atoms with Crippen molar-refractivity contribution in [1.82, 2.24) is 0 Å². The van der Waals surface area contributed by atoms with Crippen LogP contribution in [0.3, 0.4) is 0 Å². The van der Waals surface area contributed by atoms with E-state index in [9.17, 15) is 44.3 Å². The molecule has 2 aromatic rings. The Bertz CT molecular complexity index is 1070. The van der Waals surface area contributed by atoms with E-state index >= 15 is 0 Å². The van der Waals surface area contributed by atoms with Crippen molar-refractivity contribution < 1.29 is 44.3 Å². The number of carbonyl (C=O) groups is 1. The minimum absolute atomic E-state index is 0.0333. The van der Waals surface area contributed by atoms with E-state index in [0.717, 1.165) is 0 Å². The van der Waals surface area contributed by atoms with Gasteiger partial charge >= 0.3 is 23.9 Å². The SMILES string of the molecule is CCc1cc(C(F)(C(F)(F)F)C(F)(F)C(F)(F)F)cc(CC)c1NC(=O)c1ccc(C#N)cc1. The first kappa shape index (κ1) is 27.0. The Morgan fingerprint density at radius 1 is 0.853 bits per heavy atom. The first-order chi connectivity index (χ1) is 15.5. The van der Waals surface area contributed by atoms with Crippen LogP contribution in [-0.2, 0) is 18.5 Å². The average molecular weight is 496 g/mol. The normalized spacial score (nSPS) is 14.3. The van der Waals surface area contributed by atoms with Gasteiger partial charge in [-0.3, -0.25) is 4.79 Å². The zero-order chi connectivity index (χ0) is 26.1. The standard InChI is InChI=1S/C22H17F9N2O/c1-3-13-9-16(19(23,21(26,27)28)20(24,25)22(29,30)31)10-14(4-2)17(13)33-18(34)15-7-5-12(11-32)6-8-15/h5-10H,3-4H2,1-2H3,(H,33,34). The number of rotatable bonds is 6. The molecule has 3 nitrogen and oxygen atoms in total. The highest BCUT2D eigenvalue weighted by atomic mass is 19.4. The number of halogens is 9. The molecule has 1 N–H and O–H groups in total. The van der Waals surface area contributed by atoms with Crippen molar-refractivity contribution in [2.45, 2.75) is 50.6 Å². The highest BCUT2D eigenvalue weighted by molar-refractivity contribution is 6.05. The van der Waals surface area contributed by atoms with Gasteiger partial charge in [0.1, 0.15) is 0 Å². The number of nitrogens with one attached hydrogen (secondary N) is 1. The van der Waals surface area contributed by atoms with Crippen molar-refractivity contribution in [1.29, 1.82) is 5.26 Å². The van der Waals surface area contributed by atoms with E-state index in [2.05, 4.69) is 5.32 Å². The van der Waals surface area contributed by atoms with E-state index in [1.807, 2.05) is 6.07 Å². The molecule has 0 saturated carbocycles. The molecule has 0 spiro atoms. The summed E-state index contributed by atoms with van der Waals surface area (Å²) in [6, 6.07) is 7.53. The molecular weight excluding hydrogens is 479 g/mol. The molecule has 1 atom stereocenters. The summed E-state index contributed by atoms with van der Waals surface area (Å²) in [5.41, 5.74) is -8.41. The van der Waals surface area contributed by atoms with Crippen LogP contribution in [0.15, 0.2) is 36.4 Å². The van der Waals surface area contributed by atoms with E-state index in [-0.39, 0.29) is 52.9 Å². The Morgan fingerprint density at radius 3 is 1.68 bits per heavy atom. The van der Waals surface area contributed by atoms with Crippen molar-refractivity contribution in [3.8, 4) is 6.07 Å². The molecule has 12 heteroatoms. The molecule has 2 rings (SSSR count). The van der Waals surface area contributed by atoms with Crippen LogP contribution in [0.25, 0.3) is 0 Å². The summed E-state index contributed by atoms with van der Waals surface area (Å²) in [7, 11) is 0. The number of aryl methyl sites for hydroxylation is 2. The van der Waals surface area contributed by atoms with Gasteiger partial charge in [0.15, 0.2) is 0 Å². The fourth-order valence-corrected chi connectivity index (χ4v) is 3.28. The maximum atomic E-state index is 15.0. The lowest BCUT2D eigenvalue weighted by atomic mass is 9.84. The van der Waals surface area contributed by atoms with Crippen LogP contribution < -0.4 is 5.32 Å². The summed E-state index contributed by atoms with van der Waals surface area (Å²) in [4.78, 5) is 12.6. The summed E-state index contributed by atoms with van der Waals surface area (Å²) in [6.45, 7) is 2.68. The van der Waals surface area contributed by atoms with Gasteiger partial charge in [0.25, 0.3) is 5.91 Å². The third-order valence-electron chi connectivity index (χ3n) is 5.16. The number of hydrogen-bond donors (Lipinski definition) is 1. The summed E-state index contributed by atoms with van der Waals surface area (Å²) in [5, 5.41) is 11.2. The molecule has 0 radical (unpaired) electrons. The first-order valence-corrected chi connectivity index (χ1v) is 9.73. The van der Waals surface area contributed by atoms with Crippen molar-refractivity contribution >= 4 is 11.6 Å². The van der Waals surface area contributed by atoms with E-state index in [4.69, 9.17) is 5.26 Å². The van der Waals surface area contributed by atoms with Gasteiger partial charge in [-0.25, -0.2) is 4.39 Å². The molecule has 34 heavy (non-hydrogen) atoms. The molecule has 0 bridgehead atoms. The number of anilines is 1. The third kappa shape index (κ3) is 4.56. The van der Waals surface area contributed by atoms with E-state index in [1.165, 1.54) is 38.1 Å². The summed E-state index contributed by atoms with van der Waals surface area (Å²) in [6.07, 6.45) is -13.9. The van der Waals surface area contributed by atoms with Gasteiger partial charge in [-0.15, -0.1) is 0 Å². The second-order valence-electron chi connectivity index (χ2n) is 7.25. The minimum Gasteiger partial charge on any atom is -0.321 e. The highest BCUT2D eigenvalue weighted by Gasteiger charge is 2.81. The number of alkyl halides is 9. The van der Waals surface area contributed by atoms with Crippen molar-refractivity contribution in [2.24, 2.45) is 0 Å². The van der Waals surface area contributed by atoms with Crippen LogP contribution >= 0.6 is 0 Å². The van der Waals surface area contributed by atoms with Crippen molar-refractivity contribution in [3.05, 3.63) is 64.2 Å². The van der Waals surface area contributed by atoms with Gasteiger partial charge < -0.3 is 5.32 Å². The van der Waals surface area contributed by atoms with Crippen LogP contribution in [-0.4, -0.2) is 24.2 Å². The molecule has 2 aromatic carbocycles. The predicted molar refractivity (Wildman–Crippen MR) is 104 cm³/mol. The van der Waals surface area contributed by atoms with Crippen LogP contribution in [0, 0.1) is 11.3 Å². The minimum atomic E-state index is -6.83. The number of benzene rings is 2. The Hall–Kier alpha value is -3.23. The number of carbonyl (C=O) groups excluding carboxylic acids is 1. The zero-order valence-electron chi connectivity index (χ0n) is 17.6. The first-order valence-electron chi connectivity index (χ1n) is 9.73. The quantitative estimate of drug-likeness (QED) is 0.445. The molecule has 0 aliphatic rings. The number of nitrogens with zero attached hydrogens (tertiary/aromatic N) is 1. The van der Waals surface area contributed by atoms with Crippen LogP contribution in [0.4, 0.5) is 45.2 Å². The molecule has 1 amide bonds. The summed E-state index contributed by atoms with van der Waals surface area (Å²) < 4.78 is 122. The van der Waals surface area contributed by atoms with Crippen molar-refractivity contribution in [2.75, 3.05) is 5.32 Å². The van der Waals surface area contributed by atoms with Gasteiger partial charge in [0.05, 0.1) is 11.6 Å². The Balaban J connectivity index is 2.67. The molecule has 0 heterocycles. The second-order valence-corrected chi connectivity index (χ2v) is 7.25. The zero-order valence-corrected chi connectivity index (χ0v) is 17.6. The van der Waals surface area contributed by atoms with Gasteiger partial charge in [0.2, 0.25) is 0 Å². The van der Waals surface area contributed by atoms with Gasteiger partial charge in [-0.1, -0.05) is 13.8 Å². The average Bonchev–Trinajstić information content (AvgIpc) is 2.76. The smallest absolute Gasteiger partial charge is 0.321 e. The monoisotopic (exact) mass is 496 g/mol.